The third-order valence-electron chi connectivity index (χ3n) is 7.95. The molecular weight excluding hydrogens is 276 g/mol. The molecule has 0 aromatic heterocycles. The molecule has 0 saturated heterocycles. The normalized spacial score (nSPS) is 54.3. The fourth-order valence-electron chi connectivity index (χ4n) is 6.59. The predicted octanol–water partition coefficient (Wildman–Crippen LogP) is 2.85. The second kappa shape index (κ2) is 4.67. The van der Waals surface area contributed by atoms with Crippen molar-refractivity contribution in [1.29, 1.82) is 0 Å². The first-order chi connectivity index (χ1) is 10.4. The maximum absolute atomic E-state index is 11.9. The van der Waals surface area contributed by atoms with Crippen LogP contribution in [0.1, 0.15) is 58.8 Å². The molecule has 22 heavy (non-hydrogen) atoms. The summed E-state index contributed by atoms with van der Waals surface area (Å²) in [6.45, 7) is 4.57. The molecule has 7 unspecified atom stereocenters. The lowest BCUT2D eigenvalue weighted by atomic mass is 9.47. The average Bonchev–Trinajstić information content (AvgIpc) is 2.77. The Morgan fingerprint density at radius 2 is 1.86 bits per heavy atom. The lowest BCUT2D eigenvalue weighted by molar-refractivity contribution is -0.128. The van der Waals surface area contributed by atoms with Gasteiger partial charge in [0.15, 0.2) is 5.78 Å². The summed E-state index contributed by atoms with van der Waals surface area (Å²) in [5, 5.41) is 20.6. The Labute approximate surface area is 132 Å². The number of allylic oxidation sites excluding steroid dienone is 1. The standard InChI is InChI=1S/C19H28O3/c1-18-8-7-14-12(13(18)5-6-17(18)22)4-3-11-9-15(20)16(21)10-19(11,14)2/h9,12-14,16-17,21-22H,3-8,10H2,1-2H3. The molecule has 0 heterocycles. The van der Waals surface area contributed by atoms with Crippen molar-refractivity contribution in [2.75, 3.05) is 0 Å². The minimum absolute atomic E-state index is 0.00881. The summed E-state index contributed by atoms with van der Waals surface area (Å²) < 4.78 is 0. The van der Waals surface area contributed by atoms with Gasteiger partial charge in [-0.2, -0.15) is 0 Å². The van der Waals surface area contributed by atoms with E-state index in [0.717, 1.165) is 38.5 Å². The van der Waals surface area contributed by atoms with Crippen LogP contribution in [0.25, 0.3) is 0 Å². The molecular formula is C19H28O3. The van der Waals surface area contributed by atoms with Crippen LogP contribution in [-0.2, 0) is 4.79 Å². The topological polar surface area (TPSA) is 57.5 Å². The predicted molar refractivity (Wildman–Crippen MR) is 84.1 cm³/mol. The number of carbonyl (C=O) groups excluding carboxylic acids is 1. The Morgan fingerprint density at radius 3 is 2.64 bits per heavy atom. The van der Waals surface area contributed by atoms with Gasteiger partial charge in [-0.1, -0.05) is 19.4 Å². The first-order valence-corrected chi connectivity index (χ1v) is 8.97. The van der Waals surface area contributed by atoms with Crippen LogP contribution in [0.3, 0.4) is 0 Å². The second-order valence-corrected chi connectivity index (χ2v) is 8.76. The zero-order valence-electron chi connectivity index (χ0n) is 13.7. The fourth-order valence-corrected chi connectivity index (χ4v) is 6.59. The monoisotopic (exact) mass is 304 g/mol. The van der Waals surface area contributed by atoms with Gasteiger partial charge in [-0.05, 0) is 79.6 Å². The highest BCUT2D eigenvalue weighted by atomic mass is 16.3. The van der Waals surface area contributed by atoms with Crippen LogP contribution in [0.5, 0.6) is 0 Å². The number of aliphatic hydroxyl groups excluding tert-OH is 2. The highest BCUT2D eigenvalue weighted by Crippen LogP contribution is 2.65. The van der Waals surface area contributed by atoms with E-state index in [4.69, 9.17) is 0 Å². The lowest BCUT2D eigenvalue weighted by Gasteiger charge is -2.58. The van der Waals surface area contributed by atoms with Gasteiger partial charge in [0.25, 0.3) is 0 Å². The number of rotatable bonds is 0. The van der Waals surface area contributed by atoms with Crippen LogP contribution < -0.4 is 0 Å². The van der Waals surface area contributed by atoms with Crippen LogP contribution in [0, 0.1) is 28.6 Å². The Kier molecular flexibility index (Phi) is 3.16. The summed E-state index contributed by atoms with van der Waals surface area (Å²) in [5.41, 5.74) is 1.37. The van der Waals surface area contributed by atoms with Crippen molar-refractivity contribution in [2.24, 2.45) is 28.6 Å². The largest absolute Gasteiger partial charge is 0.393 e. The van der Waals surface area contributed by atoms with Gasteiger partial charge in [-0.15, -0.1) is 0 Å². The molecule has 0 radical (unpaired) electrons. The van der Waals surface area contributed by atoms with Crippen LogP contribution in [0.15, 0.2) is 11.6 Å². The van der Waals surface area contributed by atoms with Crippen LogP contribution in [0.4, 0.5) is 0 Å². The minimum Gasteiger partial charge on any atom is -0.393 e. The molecule has 3 heteroatoms. The van der Waals surface area contributed by atoms with E-state index in [0.29, 0.717) is 24.2 Å². The van der Waals surface area contributed by atoms with E-state index in [2.05, 4.69) is 13.8 Å². The second-order valence-electron chi connectivity index (χ2n) is 8.76. The zero-order chi connectivity index (χ0) is 15.7. The Balaban J connectivity index is 1.70. The summed E-state index contributed by atoms with van der Waals surface area (Å²) in [6.07, 6.45) is 7.88. The summed E-state index contributed by atoms with van der Waals surface area (Å²) >= 11 is 0. The van der Waals surface area contributed by atoms with E-state index < -0.39 is 6.10 Å². The van der Waals surface area contributed by atoms with Gasteiger partial charge in [0.2, 0.25) is 0 Å². The van der Waals surface area contributed by atoms with E-state index in [1.165, 1.54) is 5.57 Å². The van der Waals surface area contributed by atoms with Crippen molar-refractivity contribution >= 4 is 5.78 Å². The van der Waals surface area contributed by atoms with Crippen molar-refractivity contribution in [1.82, 2.24) is 0 Å². The van der Waals surface area contributed by atoms with Crippen molar-refractivity contribution in [3.8, 4) is 0 Å². The van der Waals surface area contributed by atoms with Crippen LogP contribution in [-0.4, -0.2) is 28.2 Å². The molecule has 0 amide bonds. The third-order valence-corrected chi connectivity index (χ3v) is 7.95. The Morgan fingerprint density at radius 1 is 1.09 bits per heavy atom. The smallest absolute Gasteiger partial charge is 0.184 e. The minimum atomic E-state index is -0.810. The van der Waals surface area contributed by atoms with Crippen molar-refractivity contribution in [3.63, 3.8) is 0 Å². The van der Waals surface area contributed by atoms with Gasteiger partial charge in [-0.25, -0.2) is 0 Å². The third kappa shape index (κ3) is 1.78. The van der Waals surface area contributed by atoms with Crippen molar-refractivity contribution in [3.05, 3.63) is 11.6 Å². The van der Waals surface area contributed by atoms with E-state index in [1.54, 1.807) is 6.08 Å². The molecule has 7 atom stereocenters. The van der Waals surface area contributed by atoms with Crippen molar-refractivity contribution in [2.45, 2.75) is 71.0 Å². The molecule has 4 rings (SSSR count). The first kappa shape index (κ1) is 14.9. The fraction of sp³-hybridized carbons (Fsp3) is 0.842. The highest BCUT2D eigenvalue weighted by molar-refractivity contribution is 5.95. The lowest BCUT2D eigenvalue weighted by Crippen LogP contribution is -2.52. The summed E-state index contributed by atoms with van der Waals surface area (Å²) in [5.74, 6) is 1.74. The molecule has 122 valence electrons. The molecule has 2 N–H and O–H groups in total. The SMILES string of the molecule is CC12CC(O)C(=O)C=C1CCC1C2CCC2(C)C(O)CCC12. The van der Waals surface area contributed by atoms with Crippen molar-refractivity contribution < 1.29 is 15.0 Å². The molecule has 0 aliphatic heterocycles. The summed E-state index contributed by atoms with van der Waals surface area (Å²) in [7, 11) is 0. The molecule has 0 aromatic rings. The maximum atomic E-state index is 11.9. The van der Waals surface area contributed by atoms with Gasteiger partial charge in [0.1, 0.15) is 6.10 Å². The molecule has 3 nitrogen and oxygen atoms in total. The van der Waals surface area contributed by atoms with E-state index >= 15 is 0 Å². The average molecular weight is 304 g/mol. The van der Waals surface area contributed by atoms with Crippen LogP contribution in [0.2, 0.25) is 0 Å². The van der Waals surface area contributed by atoms with E-state index in [-0.39, 0.29) is 22.7 Å². The molecule has 3 fully saturated rings. The number of hydrogen-bond acceptors (Lipinski definition) is 3. The molecule has 4 aliphatic rings. The summed E-state index contributed by atoms with van der Waals surface area (Å²) in [6, 6.07) is 0. The molecule has 3 saturated carbocycles. The number of aliphatic hydroxyl groups is 2. The molecule has 4 aliphatic carbocycles. The van der Waals surface area contributed by atoms with Gasteiger partial charge in [0.05, 0.1) is 6.10 Å². The van der Waals surface area contributed by atoms with Gasteiger partial charge in [0, 0.05) is 0 Å². The van der Waals surface area contributed by atoms with Gasteiger partial charge < -0.3 is 10.2 Å². The van der Waals surface area contributed by atoms with Gasteiger partial charge in [-0.3, -0.25) is 4.79 Å². The van der Waals surface area contributed by atoms with Crippen LogP contribution >= 0.6 is 0 Å². The summed E-state index contributed by atoms with van der Waals surface area (Å²) in [4.78, 5) is 11.9. The molecule has 0 spiro atoms. The number of fused-ring (bicyclic) bond motifs is 5. The first-order valence-electron chi connectivity index (χ1n) is 8.97. The van der Waals surface area contributed by atoms with E-state index in [1.807, 2.05) is 0 Å². The Bertz CT molecular complexity index is 539. The number of carbonyl (C=O) groups is 1. The number of ketones is 1. The molecule has 0 bridgehead atoms. The number of hydrogen-bond donors (Lipinski definition) is 2. The Hall–Kier alpha value is -0.670. The van der Waals surface area contributed by atoms with Gasteiger partial charge >= 0.3 is 0 Å². The molecule has 0 aromatic carbocycles. The highest BCUT2D eigenvalue weighted by Gasteiger charge is 2.59. The maximum Gasteiger partial charge on any atom is 0.184 e. The van der Waals surface area contributed by atoms with E-state index in [9.17, 15) is 15.0 Å². The zero-order valence-corrected chi connectivity index (χ0v) is 13.7. The quantitative estimate of drug-likeness (QED) is 0.723.